The van der Waals surface area contributed by atoms with Gasteiger partial charge in [0.15, 0.2) is 0 Å². The molecule has 16 heavy (non-hydrogen) atoms. The Morgan fingerprint density at radius 1 is 1.38 bits per heavy atom. The van der Waals surface area contributed by atoms with Crippen molar-refractivity contribution in [3.63, 3.8) is 0 Å². The normalized spacial score (nSPS) is 12.5. The minimum absolute atomic E-state index is 0.148. The predicted octanol–water partition coefficient (Wildman–Crippen LogP) is 1.50. The van der Waals surface area contributed by atoms with Gasteiger partial charge in [-0.1, -0.05) is 13.8 Å². The van der Waals surface area contributed by atoms with Crippen molar-refractivity contribution in [2.24, 2.45) is 11.7 Å². The summed E-state index contributed by atoms with van der Waals surface area (Å²) in [6.45, 7) is 5.83. The zero-order valence-corrected chi connectivity index (χ0v) is 9.95. The molecule has 1 aromatic carbocycles. The largest absolute Gasteiger partial charge is 0.399 e. The van der Waals surface area contributed by atoms with Gasteiger partial charge in [0, 0.05) is 11.4 Å². The number of rotatable bonds is 4. The number of nitrogens with two attached hydrogens (primary N) is 2. The Labute approximate surface area is 96.0 Å². The van der Waals surface area contributed by atoms with Crippen LogP contribution in [0.1, 0.15) is 19.4 Å². The number of hydrogen-bond donors (Lipinski definition) is 3. The molecule has 0 aromatic heterocycles. The van der Waals surface area contributed by atoms with Crippen LogP contribution in [0.25, 0.3) is 0 Å². The van der Waals surface area contributed by atoms with E-state index in [0.29, 0.717) is 0 Å². The number of anilines is 2. The SMILES string of the molecule is Cc1cc(NC(C(N)=O)C(C)C)ccc1N. The van der Waals surface area contributed by atoms with E-state index in [-0.39, 0.29) is 17.9 Å². The molecule has 1 atom stereocenters. The topological polar surface area (TPSA) is 81.1 Å². The first kappa shape index (κ1) is 12.4. The number of nitrogens with one attached hydrogen (secondary N) is 1. The first-order valence-electron chi connectivity index (χ1n) is 5.33. The fourth-order valence-corrected chi connectivity index (χ4v) is 1.51. The average Bonchev–Trinajstić information content (AvgIpc) is 2.18. The molecule has 0 spiro atoms. The van der Waals surface area contributed by atoms with Crippen LogP contribution in [0.15, 0.2) is 18.2 Å². The van der Waals surface area contributed by atoms with Gasteiger partial charge in [-0.2, -0.15) is 0 Å². The molecule has 5 N–H and O–H groups in total. The van der Waals surface area contributed by atoms with Gasteiger partial charge >= 0.3 is 0 Å². The molecule has 88 valence electrons. The predicted molar refractivity (Wildman–Crippen MR) is 67.0 cm³/mol. The maximum absolute atomic E-state index is 11.2. The van der Waals surface area contributed by atoms with Crippen molar-refractivity contribution in [2.75, 3.05) is 11.1 Å². The van der Waals surface area contributed by atoms with Gasteiger partial charge in [-0.05, 0) is 36.6 Å². The summed E-state index contributed by atoms with van der Waals surface area (Å²) in [5.74, 6) is -0.195. The Morgan fingerprint density at radius 2 is 2.00 bits per heavy atom. The highest BCUT2D eigenvalue weighted by atomic mass is 16.1. The molecule has 0 saturated heterocycles. The lowest BCUT2D eigenvalue weighted by Crippen LogP contribution is -2.39. The highest BCUT2D eigenvalue weighted by Crippen LogP contribution is 2.18. The van der Waals surface area contributed by atoms with Gasteiger partial charge in [0.1, 0.15) is 6.04 Å². The number of amides is 1. The molecule has 1 amide bonds. The molecule has 1 aromatic rings. The van der Waals surface area contributed by atoms with Gasteiger partial charge in [-0.3, -0.25) is 4.79 Å². The van der Waals surface area contributed by atoms with Crippen LogP contribution in [-0.4, -0.2) is 11.9 Å². The maximum atomic E-state index is 11.2. The fourth-order valence-electron chi connectivity index (χ4n) is 1.51. The van der Waals surface area contributed by atoms with Crippen LogP contribution in [0.5, 0.6) is 0 Å². The van der Waals surface area contributed by atoms with Gasteiger partial charge in [0.2, 0.25) is 5.91 Å². The monoisotopic (exact) mass is 221 g/mol. The first-order valence-corrected chi connectivity index (χ1v) is 5.33. The summed E-state index contributed by atoms with van der Waals surface area (Å²) >= 11 is 0. The lowest BCUT2D eigenvalue weighted by Gasteiger charge is -2.20. The van der Waals surface area contributed by atoms with E-state index in [0.717, 1.165) is 16.9 Å². The molecule has 4 nitrogen and oxygen atoms in total. The molecule has 0 saturated carbocycles. The Morgan fingerprint density at radius 3 is 2.44 bits per heavy atom. The fraction of sp³-hybridized carbons (Fsp3) is 0.417. The molecule has 1 rings (SSSR count). The second-order valence-electron chi connectivity index (χ2n) is 4.34. The molecule has 0 aliphatic heterocycles. The molecule has 0 bridgehead atoms. The van der Waals surface area contributed by atoms with Crippen LogP contribution in [-0.2, 0) is 4.79 Å². The summed E-state index contributed by atoms with van der Waals surface area (Å²) in [6, 6.07) is 5.22. The lowest BCUT2D eigenvalue weighted by atomic mass is 10.0. The van der Waals surface area contributed by atoms with Crippen LogP contribution in [0.4, 0.5) is 11.4 Å². The lowest BCUT2D eigenvalue weighted by molar-refractivity contribution is -0.119. The highest BCUT2D eigenvalue weighted by Gasteiger charge is 2.18. The van der Waals surface area contributed by atoms with Crippen LogP contribution < -0.4 is 16.8 Å². The van der Waals surface area contributed by atoms with Gasteiger partial charge in [0.05, 0.1) is 0 Å². The molecule has 4 heteroatoms. The number of nitrogen functional groups attached to an aromatic ring is 1. The Hall–Kier alpha value is -1.71. The van der Waals surface area contributed by atoms with Crippen molar-refractivity contribution in [2.45, 2.75) is 26.8 Å². The third-order valence-corrected chi connectivity index (χ3v) is 2.57. The van der Waals surface area contributed by atoms with Crippen molar-refractivity contribution < 1.29 is 4.79 Å². The van der Waals surface area contributed by atoms with Gasteiger partial charge in [-0.25, -0.2) is 0 Å². The number of aryl methyl sites for hydroxylation is 1. The summed E-state index contributed by atoms with van der Waals surface area (Å²) in [7, 11) is 0. The second kappa shape index (κ2) is 4.88. The molecule has 0 aliphatic carbocycles. The molecule has 1 unspecified atom stereocenters. The smallest absolute Gasteiger partial charge is 0.240 e. The van der Waals surface area contributed by atoms with Gasteiger partial charge < -0.3 is 16.8 Å². The zero-order valence-electron chi connectivity index (χ0n) is 9.95. The maximum Gasteiger partial charge on any atom is 0.240 e. The van der Waals surface area contributed by atoms with Crippen molar-refractivity contribution in [1.29, 1.82) is 0 Å². The zero-order chi connectivity index (χ0) is 12.3. The molecule has 0 fully saturated rings. The minimum Gasteiger partial charge on any atom is -0.399 e. The summed E-state index contributed by atoms with van der Waals surface area (Å²) < 4.78 is 0. The summed E-state index contributed by atoms with van der Waals surface area (Å²) in [5.41, 5.74) is 13.6. The number of primary amides is 1. The summed E-state index contributed by atoms with van der Waals surface area (Å²) in [5, 5.41) is 3.12. The van der Waals surface area contributed by atoms with Crippen LogP contribution in [0, 0.1) is 12.8 Å². The molecule has 0 radical (unpaired) electrons. The summed E-state index contributed by atoms with van der Waals surface area (Å²) in [4.78, 5) is 11.2. The van der Waals surface area contributed by atoms with Gasteiger partial charge in [-0.15, -0.1) is 0 Å². The van der Waals surface area contributed by atoms with E-state index in [4.69, 9.17) is 11.5 Å². The second-order valence-corrected chi connectivity index (χ2v) is 4.34. The first-order chi connectivity index (χ1) is 7.41. The number of carbonyl (C=O) groups is 1. The quantitative estimate of drug-likeness (QED) is 0.674. The van der Waals surface area contributed by atoms with Crippen LogP contribution in [0.3, 0.4) is 0 Å². The standard InChI is InChI=1S/C12H19N3O/c1-7(2)11(12(14)16)15-9-4-5-10(13)8(3)6-9/h4-7,11,15H,13H2,1-3H3,(H2,14,16). The van der Waals surface area contributed by atoms with Crippen molar-refractivity contribution in [3.8, 4) is 0 Å². The molecule has 0 aliphatic rings. The minimum atomic E-state index is -0.358. The number of hydrogen-bond acceptors (Lipinski definition) is 3. The Bertz CT molecular complexity index is 388. The average molecular weight is 221 g/mol. The molecular weight excluding hydrogens is 202 g/mol. The number of benzene rings is 1. The Balaban J connectivity index is 2.86. The van der Waals surface area contributed by atoms with Crippen molar-refractivity contribution in [3.05, 3.63) is 23.8 Å². The van der Waals surface area contributed by atoms with E-state index in [1.807, 2.05) is 39.0 Å². The summed E-state index contributed by atoms with van der Waals surface area (Å²) in [6.07, 6.45) is 0. The molecular formula is C12H19N3O. The van der Waals surface area contributed by atoms with E-state index in [2.05, 4.69) is 5.32 Å². The van der Waals surface area contributed by atoms with E-state index < -0.39 is 0 Å². The van der Waals surface area contributed by atoms with Crippen molar-refractivity contribution >= 4 is 17.3 Å². The van der Waals surface area contributed by atoms with Crippen LogP contribution >= 0.6 is 0 Å². The van der Waals surface area contributed by atoms with E-state index in [9.17, 15) is 4.79 Å². The third-order valence-electron chi connectivity index (χ3n) is 2.57. The number of carbonyl (C=O) groups excluding carboxylic acids is 1. The van der Waals surface area contributed by atoms with Crippen molar-refractivity contribution in [1.82, 2.24) is 0 Å². The van der Waals surface area contributed by atoms with Crippen LogP contribution in [0.2, 0.25) is 0 Å². The van der Waals surface area contributed by atoms with E-state index in [1.165, 1.54) is 0 Å². The molecule has 0 heterocycles. The third kappa shape index (κ3) is 2.89. The Kier molecular flexibility index (Phi) is 3.77. The van der Waals surface area contributed by atoms with E-state index in [1.54, 1.807) is 0 Å². The van der Waals surface area contributed by atoms with Gasteiger partial charge in [0.25, 0.3) is 0 Å². The van der Waals surface area contributed by atoms with E-state index >= 15 is 0 Å². The highest BCUT2D eigenvalue weighted by molar-refractivity contribution is 5.83.